The molecule has 0 radical (unpaired) electrons. The standard InChI is InChI=1S/C21H20ClNO3/c1-13(8-21(24)23-11-15-6-4-5-7-18(15)22)16-9-17-14(2)12-26-20(17)10-19(16)25-3/h4-10,12H,11H2,1-3H3,(H,23,24)/b13-8+. The van der Waals surface area contributed by atoms with Gasteiger partial charge in [0, 0.05) is 34.7 Å². The Morgan fingerprint density at radius 2 is 2.08 bits per heavy atom. The topological polar surface area (TPSA) is 51.5 Å². The van der Waals surface area contributed by atoms with Gasteiger partial charge in [-0.05, 0) is 42.7 Å². The second-order valence-corrected chi connectivity index (χ2v) is 6.51. The molecule has 0 fully saturated rings. The first-order valence-electron chi connectivity index (χ1n) is 8.25. The van der Waals surface area contributed by atoms with E-state index in [4.69, 9.17) is 20.8 Å². The van der Waals surface area contributed by atoms with Crippen LogP contribution in [0, 0.1) is 6.92 Å². The van der Waals surface area contributed by atoms with Gasteiger partial charge in [-0.2, -0.15) is 0 Å². The smallest absolute Gasteiger partial charge is 0.244 e. The van der Waals surface area contributed by atoms with Crippen LogP contribution in [-0.2, 0) is 11.3 Å². The van der Waals surface area contributed by atoms with Crippen molar-refractivity contribution in [2.45, 2.75) is 20.4 Å². The van der Waals surface area contributed by atoms with Gasteiger partial charge < -0.3 is 14.5 Å². The molecule has 4 nitrogen and oxygen atoms in total. The molecule has 0 saturated heterocycles. The summed E-state index contributed by atoms with van der Waals surface area (Å²) in [6, 6.07) is 11.3. The van der Waals surface area contributed by atoms with Crippen LogP contribution in [0.1, 0.15) is 23.6 Å². The highest BCUT2D eigenvalue weighted by atomic mass is 35.5. The monoisotopic (exact) mass is 369 g/mol. The Labute approximate surface area is 157 Å². The van der Waals surface area contributed by atoms with E-state index in [9.17, 15) is 4.79 Å². The fourth-order valence-electron chi connectivity index (χ4n) is 2.81. The van der Waals surface area contributed by atoms with E-state index in [1.54, 1.807) is 25.5 Å². The predicted octanol–water partition coefficient (Wildman–Crippen LogP) is 5.12. The third-order valence-corrected chi connectivity index (χ3v) is 4.64. The molecular weight excluding hydrogens is 350 g/mol. The summed E-state index contributed by atoms with van der Waals surface area (Å²) in [4.78, 5) is 12.3. The molecule has 1 N–H and O–H groups in total. The molecule has 134 valence electrons. The van der Waals surface area contributed by atoms with E-state index < -0.39 is 0 Å². The third-order valence-electron chi connectivity index (χ3n) is 4.27. The van der Waals surface area contributed by atoms with Crippen molar-refractivity contribution in [2.24, 2.45) is 0 Å². The van der Waals surface area contributed by atoms with Gasteiger partial charge in [0.15, 0.2) is 0 Å². The maximum atomic E-state index is 12.3. The highest BCUT2D eigenvalue weighted by Crippen LogP contribution is 2.33. The fourth-order valence-corrected chi connectivity index (χ4v) is 3.01. The number of hydrogen-bond donors (Lipinski definition) is 1. The first-order valence-corrected chi connectivity index (χ1v) is 8.63. The van der Waals surface area contributed by atoms with E-state index in [0.717, 1.165) is 33.2 Å². The van der Waals surface area contributed by atoms with Crippen LogP contribution in [0.2, 0.25) is 5.02 Å². The zero-order valence-electron chi connectivity index (χ0n) is 14.9. The number of hydrogen-bond acceptors (Lipinski definition) is 3. The van der Waals surface area contributed by atoms with Crippen LogP contribution in [0.25, 0.3) is 16.5 Å². The van der Waals surface area contributed by atoms with Crippen molar-refractivity contribution in [3.63, 3.8) is 0 Å². The second kappa shape index (κ2) is 7.67. The lowest BCUT2D eigenvalue weighted by Crippen LogP contribution is -2.20. The number of aryl methyl sites for hydroxylation is 1. The molecule has 0 atom stereocenters. The summed E-state index contributed by atoms with van der Waals surface area (Å²) >= 11 is 6.12. The summed E-state index contributed by atoms with van der Waals surface area (Å²) in [7, 11) is 1.60. The molecule has 1 aromatic heterocycles. The average molecular weight is 370 g/mol. The van der Waals surface area contributed by atoms with Crippen LogP contribution >= 0.6 is 11.6 Å². The molecule has 26 heavy (non-hydrogen) atoms. The Morgan fingerprint density at radius 3 is 2.81 bits per heavy atom. The molecule has 0 bridgehead atoms. The summed E-state index contributed by atoms with van der Waals surface area (Å²) in [5, 5.41) is 4.50. The van der Waals surface area contributed by atoms with Gasteiger partial charge in [0.2, 0.25) is 5.91 Å². The number of rotatable bonds is 5. The number of amides is 1. The Balaban J connectivity index is 1.82. The Morgan fingerprint density at radius 1 is 1.31 bits per heavy atom. The van der Waals surface area contributed by atoms with Crippen molar-refractivity contribution < 1.29 is 13.9 Å². The van der Waals surface area contributed by atoms with Crippen molar-refractivity contribution in [1.29, 1.82) is 0 Å². The molecule has 2 aromatic carbocycles. The average Bonchev–Trinajstić information content (AvgIpc) is 3.00. The number of carbonyl (C=O) groups is 1. The Bertz CT molecular complexity index is 988. The minimum Gasteiger partial charge on any atom is -0.496 e. The number of nitrogens with one attached hydrogen (secondary N) is 1. The van der Waals surface area contributed by atoms with Crippen LogP contribution in [-0.4, -0.2) is 13.0 Å². The summed E-state index contributed by atoms with van der Waals surface area (Å²) < 4.78 is 11.0. The molecule has 0 unspecified atom stereocenters. The van der Waals surface area contributed by atoms with E-state index >= 15 is 0 Å². The maximum Gasteiger partial charge on any atom is 0.244 e. The minimum absolute atomic E-state index is 0.187. The van der Waals surface area contributed by atoms with Crippen molar-refractivity contribution >= 4 is 34.1 Å². The molecule has 0 aliphatic carbocycles. The number of ether oxygens (including phenoxy) is 1. The van der Waals surface area contributed by atoms with Crippen LogP contribution in [0.5, 0.6) is 5.75 Å². The first-order chi connectivity index (χ1) is 12.5. The largest absolute Gasteiger partial charge is 0.496 e. The second-order valence-electron chi connectivity index (χ2n) is 6.10. The molecule has 1 amide bonds. The van der Waals surface area contributed by atoms with E-state index in [1.807, 2.05) is 44.2 Å². The first kappa shape index (κ1) is 18.1. The van der Waals surface area contributed by atoms with Crippen LogP contribution in [0.4, 0.5) is 0 Å². The number of allylic oxidation sites excluding steroid dienone is 1. The molecule has 0 aliphatic heterocycles. The van der Waals surface area contributed by atoms with Gasteiger partial charge in [-0.1, -0.05) is 29.8 Å². The normalized spacial score (nSPS) is 11.6. The summed E-state index contributed by atoms with van der Waals surface area (Å²) in [5.74, 6) is 0.480. The van der Waals surface area contributed by atoms with Gasteiger partial charge in [0.1, 0.15) is 11.3 Å². The number of carbonyl (C=O) groups excluding carboxylic acids is 1. The van der Waals surface area contributed by atoms with Gasteiger partial charge in [0.25, 0.3) is 0 Å². The van der Waals surface area contributed by atoms with Crippen molar-refractivity contribution in [1.82, 2.24) is 5.32 Å². The van der Waals surface area contributed by atoms with Gasteiger partial charge in [-0.3, -0.25) is 4.79 Å². The predicted molar refractivity (Wildman–Crippen MR) is 104 cm³/mol. The summed E-state index contributed by atoms with van der Waals surface area (Å²) in [5.41, 5.74) is 4.35. The molecular formula is C21H20ClNO3. The number of methoxy groups -OCH3 is 1. The fraction of sp³-hybridized carbons (Fsp3) is 0.190. The van der Waals surface area contributed by atoms with Gasteiger partial charge in [-0.15, -0.1) is 0 Å². The lowest BCUT2D eigenvalue weighted by atomic mass is 10.0. The third kappa shape index (κ3) is 3.75. The lowest BCUT2D eigenvalue weighted by Gasteiger charge is -2.10. The highest BCUT2D eigenvalue weighted by molar-refractivity contribution is 6.31. The summed E-state index contributed by atoms with van der Waals surface area (Å²) in [6.07, 6.45) is 3.28. The van der Waals surface area contributed by atoms with E-state index in [1.165, 1.54) is 0 Å². The SMILES string of the molecule is COc1cc2occ(C)c2cc1/C(C)=C/C(=O)NCc1ccccc1Cl. The molecule has 0 saturated carbocycles. The van der Waals surface area contributed by atoms with Gasteiger partial charge >= 0.3 is 0 Å². The van der Waals surface area contributed by atoms with Crippen LogP contribution in [0.3, 0.4) is 0 Å². The number of furan rings is 1. The molecule has 0 spiro atoms. The van der Waals surface area contributed by atoms with Crippen LogP contribution < -0.4 is 10.1 Å². The quantitative estimate of drug-likeness (QED) is 0.635. The zero-order valence-corrected chi connectivity index (χ0v) is 15.7. The Kier molecular flexibility index (Phi) is 5.33. The number of benzene rings is 2. The van der Waals surface area contributed by atoms with Crippen molar-refractivity contribution in [2.75, 3.05) is 7.11 Å². The minimum atomic E-state index is -0.187. The van der Waals surface area contributed by atoms with Crippen molar-refractivity contribution in [3.8, 4) is 5.75 Å². The number of halogens is 1. The molecule has 3 rings (SSSR count). The molecule has 5 heteroatoms. The van der Waals surface area contributed by atoms with E-state index in [0.29, 0.717) is 17.3 Å². The number of fused-ring (bicyclic) bond motifs is 1. The summed E-state index contributed by atoms with van der Waals surface area (Å²) in [6.45, 7) is 4.24. The van der Waals surface area contributed by atoms with E-state index in [-0.39, 0.29) is 5.91 Å². The molecule has 3 aromatic rings. The molecule has 1 heterocycles. The Hall–Kier alpha value is -2.72. The van der Waals surface area contributed by atoms with Crippen molar-refractivity contribution in [3.05, 3.63) is 70.5 Å². The maximum absolute atomic E-state index is 12.3. The van der Waals surface area contributed by atoms with Crippen LogP contribution in [0.15, 0.2) is 53.2 Å². The van der Waals surface area contributed by atoms with E-state index in [2.05, 4.69) is 5.32 Å². The van der Waals surface area contributed by atoms with Gasteiger partial charge in [0.05, 0.1) is 13.4 Å². The molecule has 0 aliphatic rings. The highest BCUT2D eigenvalue weighted by Gasteiger charge is 2.12. The van der Waals surface area contributed by atoms with Gasteiger partial charge in [-0.25, -0.2) is 0 Å². The zero-order chi connectivity index (χ0) is 18.7. The lowest BCUT2D eigenvalue weighted by molar-refractivity contribution is -0.116.